The van der Waals surface area contributed by atoms with Gasteiger partial charge in [-0.15, -0.1) is 11.3 Å². The Bertz CT molecular complexity index is 789. The lowest BCUT2D eigenvalue weighted by Gasteiger charge is -2.12. The third-order valence-corrected chi connectivity index (χ3v) is 4.54. The van der Waals surface area contributed by atoms with E-state index in [0.717, 1.165) is 21.8 Å². The van der Waals surface area contributed by atoms with E-state index in [0.29, 0.717) is 6.54 Å². The summed E-state index contributed by atoms with van der Waals surface area (Å²) in [5, 5.41) is 8.64. The van der Waals surface area contributed by atoms with Crippen molar-refractivity contribution in [3.8, 4) is 11.3 Å². The minimum Gasteiger partial charge on any atom is -0.334 e. The Labute approximate surface area is 144 Å². The summed E-state index contributed by atoms with van der Waals surface area (Å²) in [6.45, 7) is 2.40. The van der Waals surface area contributed by atoms with Crippen molar-refractivity contribution in [2.45, 2.75) is 19.5 Å². The van der Waals surface area contributed by atoms with Crippen LogP contribution in [0.1, 0.15) is 23.5 Å². The molecule has 0 aliphatic heterocycles. The number of hydrogen-bond acceptors (Lipinski definition) is 4. The van der Waals surface area contributed by atoms with Crippen LogP contribution in [0.5, 0.6) is 0 Å². The highest BCUT2D eigenvalue weighted by molar-refractivity contribution is 7.10. The molecule has 2 amide bonds. The molecule has 0 spiro atoms. The zero-order chi connectivity index (χ0) is 16.8. The molecule has 0 unspecified atom stereocenters. The van der Waals surface area contributed by atoms with Gasteiger partial charge in [0.2, 0.25) is 0 Å². The Balaban J connectivity index is 1.56. The second-order valence-corrected chi connectivity index (χ2v) is 6.23. The number of carbonyl (C=O) groups is 1. The molecule has 1 atom stereocenters. The van der Waals surface area contributed by atoms with Crippen LogP contribution < -0.4 is 10.6 Å². The second kappa shape index (κ2) is 7.70. The van der Waals surface area contributed by atoms with Gasteiger partial charge in [0.05, 0.1) is 11.7 Å². The van der Waals surface area contributed by atoms with Crippen molar-refractivity contribution in [1.82, 2.24) is 20.6 Å². The zero-order valence-corrected chi connectivity index (χ0v) is 14.1. The van der Waals surface area contributed by atoms with Crippen LogP contribution in [0.25, 0.3) is 11.3 Å². The predicted molar refractivity (Wildman–Crippen MR) is 95.6 cm³/mol. The molecule has 24 heavy (non-hydrogen) atoms. The van der Waals surface area contributed by atoms with E-state index < -0.39 is 0 Å². The van der Waals surface area contributed by atoms with Gasteiger partial charge >= 0.3 is 6.03 Å². The summed E-state index contributed by atoms with van der Waals surface area (Å²) in [7, 11) is 0. The Hall–Kier alpha value is -2.73. The van der Waals surface area contributed by atoms with Crippen LogP contribution in [0.3, 0.4) is 0 Å². The standard InChI is InChI=1S/C18H18N4OS/c1-13(21-18(23)20-11-14-7-9-19-10-8-14)17-22-16(12-24-17)15-5-3-2-4-6-15/h2-10,12-13H,11H2,1H3,(H2,20,21,23)/t13-/m0/s1. The molecule has 0 radical (unpaired) electrons. The molecule has 0 bridgehead atoms. The first-order chi connectivity index (χ1) is 11.7. The number of urea groups is 1. The topological polar surface area (TPSA) is 66.9 Å². The van der Waals surface area contributed by atoms with Crippen LogP contribution in [-0.4, -0.2) is 16.0 Å². The molecule has 0 fully saturated rings. The molecule has 122 valence electrons. The smallest absolute Gasteiger partial charge is 0.315 e. The maximum absolute atomic E-state index is 12.0. The van der Waals surface area contributed by atoms with Crippen molar-refractivity contribution in [3.05, 3.63) is 70.8 Å². The van der Waals surface area contributed by atoms with E-state index in [4.69, 9.17) is 0 Å². The number of amides is 2. The monoisotopic (exact) mass is 338 g/mol. The van der Waals surface area contributed by atoms with E-state index in [2.05, 4.69) is 20.6 Å². The molecule has 0 saturated heterocycles. The molecule has 2 heterocycles. The maximum atomic E-state index is 12.0. The summed E-state index contributed by atoms with van der Waals surface area (Å²) < 4.78 is 0. The van der Waals surface area contributed by atoms with E-state index in [1.54, 1.807) is 23.7 Å². The molecule has 0 aliphatic rings. The predicted octanol–water partition coefficient (Wildman–Crippen LogP) is 3.77. The van der Waals surface area contributed by atoms with Crippen molar-refractivity contribution in [1.29, 1.82) is 0 Å². The van der Waals surface area contributed by atoms with Gasteiger partial charge in [0, 0.05) is 29.9 Å². The fourth-order valence-electron chi connectivity index (χ4n) is 2.22. The van der Waals surface area contributed by atoms with E-state index >= 15 is 0 Å². The lowest BCUT2D eigenvalue weighted by molar-refractivity contribution is 0.237. The lowest BCUT2D eigenvalue weighted by Crippen LogP contribution is -2.36. The van der Waals surface area contributed by atoms with E-state index in [1.807, 2.05) is 54.8 Å². The normalized spacial score (nSPS) is 11.7. The quantitative estimate of drug-likeness (QED) is 0.744. The summed E-state index contributed by atoms with van der Waals surface area (Å²) in [6, 6.07) is 13.4. The van der Waals surface area contributed by atoms with Crippen molar-refractivity contribution in [2.75, 3.05) is 0 Å². The van der Waals surface area contributed by atoms with Gasteiger partial charge < -0.3 is 10.6 Å². The average Bonchev–Trinajstić information content (AvgIpc) is 3.12. The number of nitrogens with one attached hydrogen (secondary N) is 2. The number of benzene rings is 1. The highest BCUT2D eigenvalue weighted by Crippen LogP contribution is 2.25. The molecular weight excluding hydrogens is 320 g/mol. The fraction of sp³-hybridized carbons (Fsp3) is 0.167. The van der Waals surface area contributed by atoms with Crippen molar-refractivity contribution in [3.63, 3.8) is 0 Å². The number of rotatable bonds is 5. The largest absolute Gasteiger partial charge is 0.334 e. The van der Waals surface area contributed by atoms with Crippen molar-refractivity contribution >= 4 is 17.4 Å². The van der Waals surface area contributed by atoms with Crippen LogP contribution in [0, 0.1) is 0 Å². The molecule has 3 aromatic rings. The number of thiazole rings is 1. The summed E-state index contributed by atoms with van der Waals surface area (Å²) in [5.41, 5.74) is 3.02. The lowest BCUT2D eigenvalue weighted by atomic mass is 10.2. The van der Waals surface area contributed by atoms with E-state index in [9.17, 15) is 4.79 Å². The number of nitrogens with zero attached hydrogens (tertiary/aromatic N) is 2. The number of pyridine rings is 1. The van der Waals surface area contributed by atoms with Gasteiger partial charge in [0.1, 0.15) is 5.01 Å². The second-order valence-electron chi connectivity index (χ2n) is 5.34. The first-order valence-corrected chi connectivity index (χ1v) is 8.54. The van der Waals surface area contributed by atoms with Crippen molar-refractivity contribution in [2.24, 2.45) is 0 Å². The molecule has 3 rings (SSSR count). The average molecular weight is 338 g/mol. The summed E-state index contributed by atoms with van der Waals surface area (Å²) in [6.07, 6.45) is 3.41. The molecule has 5 nitrogen and oxygen atoms in total. The minimum absolute atomic E-state index is 0.148. The third-order valence-electron chi connectivity index (χ3n) is 3.51. The van der Waals surface area contributed by atoms with Crippen LogP contribution in [-0.2, 0) is 6.54 Å². The van der Waals surface area contributed by atoms with Gasteiger partial charge in [-0.05, 0) is 24.6 Å². The molecule has 0 saturated carbocycles. The van der Waals surface area contributed by atoms with Crippen LogP contribution in [0.4, 0.5) is 4.79 Å². The van der Waals surface area contributed by atoms with Crippen LogP contribution >= 0.6 is 11.3 Å². The Morgan fingerprint density at radius 2 is 1.92 bits per heavy atom. The van der Waals surface area contributed by atoms with Crippen LogP contribution in [0.2, 0.25) is 0 Å². The fourth-order valence-corrected chi connectivity index (χ4v) is 3.06. The molecule has 0 aliphatic carbocycles. The molecule has 2 aromatic heterocycles. The molecule has 2 N–H and O–H groups in total. The van der Waals surface area contributed by atoms with Gasteiger partial charge in [-0.2, -0.15) is 0 Å². The highest BCUT2D eigenvalue weighted by atomic mass is 32.1. The van der Waals surface area contributed by atoms with Gasteiger partial charge in [0.25, 0.3) is 0 Å². The zero-order valence-electron chi connectivity index (χ0n) is 13.3. The van der Waals surface area contributed by atoms with Gasteiger partial charge in [0.15, 0.2) is 0 Å². The van der Waals surface area contributed by atoms with Crippen molar-refractivity contribution < 1.29 is 4.79 Å². The van der Waals surface area contributed by atoms with E-state index in [-0.39, 0.29) is 12.1 Å². The summed E-state index contributed by atoms with van der Waals surface area (Å²) >= 11 is 1.55. The summed E-state index contributed by atoms with van der Waals surface area (Å²) in [4.78, 5) is 20.6. The Morgan fingerprint density at radius 3 is 2.67 bits per heavy atom. The summed E-state index contributed by atoms with van der Waals surface area (Å²) in [5.74, 6) is 0. The number of carbonyl (C=O) groups excluding carboxylic acids is 1. The molecule has 1 aromatic carbocycles. The van der Waals surface area contributed by atoms with Crippen LogP contribution in [0.15, 0.2) is 60.2 Å². The minimum atomic E-state index is -0.212. The first kappa shape index (κ1) is 16.1. The number of hydrogen-bond donors (Lipinski definition) is 2. The van der Waals surface area contributed by atoms with Gasteiger partial charge in [-0.25, -0.2) is 9.78 Å². The van der Waals surface area contributed by atoms with Gasteiger partial charge in [-0.1, -0.05) is 30.3 Å². The highest BCUT2D eigenvalue weighted by Gasteiger charge is 2.13. The molecule has 6 heteroatoms. The third kappa shape index (κ3) is 4.17. The number of aromatic nitrogens is 2. The SMILES string of the molecule is C[C@H](NC(=O)NCc1ccncc1)c1nc(-c2ccccc2)cs1. The van der Waals surface area contributed by atoms with Gasteiger partial charge in [-0.3, -0.25) is 4.98 Å². The van der Waals surface area contributed by atoms with E-state index in [1.165, 1.54) is 0 Å². The maximum Gasteiger partial charge on any atom is 0.315 e. The Kier molecular flexibility index (Phi) is 5.18. The first-order valence-electron chi connectivity index (χ1n) is 7.66. The molecular formula is C18H18N4OS. The Morgan fingerprint density at radius 1 is 1.17 bits per heavy atom.